The highest BCUT2D eigenvalue weighted by Crippen LogP contribution is 2.40. The lowest BCUT2D eigenvalue weighted by atomic mass is 10.1. The van der Waals surface area contributed by atoms with Crippen LogP contribution in [0.15, 0.2) is 71.9 Å². The number of benzene rings is 2. The van der Waals surface area contributed by atoms with E-state index in [1.165, 1.54) is 16.6 Å². The second kappa shape index (κ2) is 4.90. The third-order valence-corrected chi connectivity index (χ3v) is 5.73. The number of hydrogen-bond donors (Lipinski definition) is 0. The van der Waals surface area contributed by atoms with Crippen molar-refractivity contribution >= 4 is 20.8 Å². The smallest absolute Gasteiger partial charge is 0.243 e. The number of nitrogens with zero attached hydrogens (tertiary/aromatic N) is 2. The Morgan fingerprint density at radius 1 is 0.955 bits per heavy atom. The molecule has 1 saturated heterocycles. The predicted molar refractivity (Wildman–Crippen MR) is 84.8 cm³/mol. The average molecular weight is 310 g/mol. The maximum Gasteiger partial charge on any atom is 0.261 e. The molecule has 0 aliphatic carbocycles. The molecule has 1 aliphatic heterocycles. The molecule has 3 aromatic rings. The fraction of sp³-hybridized carbons (Fsp3) is 0.118. The van der Waals surface area contributed by atoms with Crippen molar-refractivity contribution in [3.05, 3.63) is 72.4 Å². The Labute approximate surface area is 129 Å². The van der Waals surface area contributed by atoms with E-state index in [9.17, 15) is 8.42 Å². The molecule has 2 atom stereocenters. The van der Waals surface area contributed by atoms with Gasteiger partial charge in [-0.25, -0.2) is 13.4 Å². The van der Waals surface area contributed by atoms with Crippen LogP contribution in [0.2, 0.25) is 0 Å². The summed E-state index contributed by atoms with van der Waals surface area (Å²) in [7, 11) is -3.49. The Kier molecular flexibility index (Phi) is 2.99. The summed E-state index contributed by atoms with van der Waals surface area (Å²) in [6.07, 6.45) is 1.50. The van der Waals surface area contributed by atoms with E-state index in [0.717, 1.165) is 16.3 Å². The summed E-state index contributed by atoms with van der Waals surface area (Å²) in [6, 6.07) is 19.0. The molecule has 5 heteroatoms. The van der Waals surface area contributed by atoms with Crippen LogP contribution in [-0.2, 0) is 10.0 Å². The molecular formula is C17H14N2O2S. The number of fused-ring (bicyclic) bond motifs is 1. The van der Waals surface area contributed by atoms with Crippen LogP contribution in [0.3, 0.4) is 0 Å². The fourth-order valence-electron chi connectivity index (χ4n) is 2.70. The van der Waals surface area contributed by atoms with Gasteiger partial charge in [0.2, 0.25) is 0 Å². The number of rotatable bonds is 3. The highest BCUT2D eigenvalue weighted by molar-refractivity contribution is 7.89. The topological polar surface area (TPSA) is 50.0 Å². The third-order valence-electron chi connectivity index (χ3n) is 3.94. The molecule has 0 radical (unpaired) electrons. The molecule has 0 N–H and O–H groups in total. The minimum Gasteiger partial charge on any atom is -0.243 e. The van der Waals surface area contributed by atoms with E-state index in [1.807, 2.05) is 30.3 Å². The van der Waals surface area contributed by atoms with Gasteiger partial charge in [-0.3, -0.25) is 0 Å². The standard InChI is InChI=1S/C17H14N2O2S/c20-22(21,17-7-3-4-10-18-17)19-12-16(19)15-9-8-13-5-1-2-6-14(13)11-15/h1-11,16H,12H2. The second-order valence-electron chi connectivity index (χ2n) is 5.37. The average Bonchev–Trinajstić information content (AvgIpc) is 3.37. The summed E-state index contributed by atoms with van der Waals surface area (Å²) in [5.74, 6) is 0. The number of sulfonamides is 1. The first-order chi connectivity index (χ1) is 10.7. The summed E-state index contributed by atoms with van der Waals surface area (Å²) < 4.78 is 26.5. The molecule has 0 bridgehead atoms. The molecule has 0 amide bonds. The first-order valence-electron chi connectivity index (χ1n) is 7.08. The molecule has 1 fully saturated rings. The number of hydrogen-bond acceptors (Lipinski definition) is 3. The van der Waals surface area contributed by atoms with E-state index in [1.54, 1.807) is 12.1 Å². The molecule has 0 saturated carbocycles. The quantitative estimate of drug-likeness (QED) is 0.699. The van der Waals surface area contributed by atoms with Gasteiger partial charge in [-0.1, -0.05) is 42.5 Å². The second-order valence-corrected chi connectivity index (χ2v) is 7.20. The van der Waals surface area contributed by atoms with Crippen LogP contribution in [0.4, 0.5) is 0 Å². The molecule has 4 rings (SSSR count). The molecule has 2 unspecified atom stereocenters. The van der Waals surface area contributed by atoms with Crippen molar-refractivity contribution in [1.29, 1.82) is 0 Å². The SMILES string of the molecule is O=S(=O)(c1ccccn1)N1CC1c1ccc2ccccc2c1. The van der Waals surface area contributed by atoms with Crippen LogP contribution >= 0.6 is 0 Å². The van der Waals surface area contributed by atoms with Crippen molar-refractivity contribution < 1.29 is 8.42 Å². The first-order valence-corrected chi connectivity index (χ1v) is 8.52. The lowest BCUT2D eigenvalue weighted by molar-refractivity contribution is 0.550. The lowest BCUT2D eigenvalue weighted by Gasteiger charge is -2.06. The normalized spacial score (nSPS) is 20.9. The van der Waals surface area contributed by atoms with Crippen molar-refractivity contribution in [2.24, 2.45) is 0 Å². The van der Waals surface area contributed by atoms with E-state index >= 15 is 0 Å². The van der Waals surface area contributed by atoms with Gasteiger partial charge >= 0.3 is 0 Å². The van der Waals surface area contributed by atoms with Crippen molar-refractivity contribution in [3.8, 4) is 0 Å². The van der Waals surface area contributed by atoms with E-state index < -0.39 is 10.0 Å². The van der Waals surface area contributed by atoms with Crippen LogP contribution in [0.1, 0.15) is 11.6 Å². The largest absolute Gasteiger partial charge is 0.261 e. The fourth-order valence-corrected chi connectivity index (χ4v) is 4.17. The minimum atomic E-state index is -3.49. The van der Waals surface area contributed by atoms with Crippen LogP contribution in [0, 0.1) is 0 Å². The number of aromatic nitrogens is 1. The van der Waals surface area contributed by atoms with Gasteiger partial charge in [0.25, 0.3) is 10.0 Å². The van der Waals surface area contributed by atoms with Crippen molar-refractivity contribution in [2.45, 2.75) is 11.1 Å². The predicted octanol–water partition coefficient (Wildman–Crippen LogP) is 2.98. The Balaban J connectivity index is 1.66. The van der Waals surface area contributed by atoms with Gasteiger partial charge in [-0.2, -0.15) is 4.31 Å². The lowest BCUT2D eigenvalue weighted by Crippen LogP contribution is -2.14. The summed E-state index contributed by atoms with van der Waals surface area (Å²) in [6.45, 7) is 0.511. The molecule has 1 aromatic heterocycles. The highest BCUT2D eigenvalue weighted by Gasteiger charge is 2.46. The molecule has 1 aliphatic rings. The number of pyridine rings is 1. The maximum atomic E-state index is 12.5. The molecule has 110 valence electrons. The maximum absolute atomic E-state index is 12.5. The minimum absolute atomic E-state index is 0.0865. The van der Waals surface area contributed by atoms with Gasteiger partial charge in [-0.05, 0) is 34.5 Å². The zero-order chi connectivity index (χ0) is 15.2. The summed E-state index contributed by atoms with van der Waals surface area (Å²) in [5.41, 5.74) is 1.03. The summed E-state index contributed by atoms with van der Waals surface area (Å²) in [4.78, 5) is 3.96. The van der Waals surface area contributed by atoms with Crippen LogP contribution < -0.4 is 0 Å². The van der Waals surface area contributed by atoms with Crippen LogP contribution in [0.5, 0.6) is 0 Å². The van der Waals surface area contributed by atoms with Crippen LogP contribution in [0.25, 0.3) is 10.8 Å². The van der Waals surface area contributed by atoms with E-state index in [2.05, 4.69) is 17.1 Å². The molecular weight excluding hydrogens is 296 g/mol. The Bertz CT molecular complexity index is 939. The van der Waals surface area contributed by atoms with Gasteiger partial charge in [0.05, 0.1) is 6.04 Å². The zero-order valence-electron chi connectivity index (χ0n) is 11.8. The van der Waals surface area contributed by atoms with E-state index in [0.29, 0.717) is 6.54 Å². The van der Waals surface area contributed by atoms with Gasteiger partial charge < -0.3 is 0 Å². The van der Waals surface area contributed by atoms with Crippen LogP contribution in [-0.4, -0.2) is 24.3 Å². The monoisotopic (exact) mass is 310 g/mol. The molecule has 0 spiro atoms. The third kappa shape index (κ3) is 2.19. The Morgan fingerprint density at radius 3 is 2.50 bits per heavy atom. The molecule has 2 heterocycles. The van der Waals surface area contributed by atoms with E-state index in [4.69, 9.17) is 0 Å². The summed E-state index contributed by atoms with van der Waals surface area (Å²) in [5, 5.41) is 2.39. The van der Waals surface area contributed by atoms with Gasteiger partial charge in [0, 0.05) is 12.7 Å². The van der Waals surface area contributed by atoms with Gasteiger partial charge in [0.1, 0.15) is 0 Å². The Morgan fingerprint density at radius 2 is 1.73 bits per heavy atom. The molecule has 22 heavy (non-hydrogen) atoms. The summed E-state index contributed by atoms with van der Waals surface area (Å²) >= 11 is 0. The Hall–Kier alpha value is -2.24. The highest BCUT2D eigenvalue weighted by atomic mass is 32.2. The molecule has 2 aromatic carbocycles. The first kappa shape index (κ1) is 13.4. The van der Waals surface area contributed by atoms with Gasteiger partial charge in [0.15, 0.2) is 5.03 Å². The zero-order valence-corrected chi connectivity index (χ0v) is 12.6. The van der Waals surface area contributed by atoms with Crippen molar-refractivity contribution in [3.63, 3.8) is 0 Å². The van der Waals surface area contributed by atoms with Crippen molar-refractivity contribution in [2.75, 3.05) is 6.54 Å². The van der Waals surface area contributed by atoms with E-state index in [-0.39, 0.29) is 11.1 Å². The van der Waals surface area contributed by atoms with Gasteiger partial charge in [-0.15, -0.1) is 0 Å². The molecule has 4 nitrogen and oxygen atoms in total. The van der Waals surface area contributed by atoms with Crippen molar-refractivity contribution in [1.82, 2.24) is 9.29 Å².